The Hall–Kier alpha value is -1.32. The Morgan fingerprint density at radius 1 is 1.22 bits per heavy atom. The van der Waals surface area contributed by atoms with Crippen LogP contribution in [0.1, 0.15) is 28.5 Å². The average molecular weight is 262 g/mol. The number of benzene rings is 1. The highest BCUT2D eigenvalue weighted by molar-refractivity contribution is 7.10. The molecule has 3 heteroatoms. The molecule has 0 spiro atoms. The molecule has 1 aromatic heterocycles. The van der Waals surface area contributed by atoms with Crippen molar-refractivity contribution in [2.75, 3.05) is 7.11 Å². The minimum Gasteiger partial charge on any atom is -0.496 e. The van der Waals surface area contributed by atoms with Gasteiger partial charge >= 0.3 is 0 Å². The number of hydrogen-bond acceptors (Lipinski definition) is 3. The molecule has 0 radical (unpaired) electrons. The number of thiophene rings is 1. The summed E-state index contributed by atoms with van der Waals surface area (Å²) in [4.78, 5) is 0.920. The van der Waals surface area contributed by atoms with Crippen molar-refractivity contribution >= 4 is 11.3 Å². The summed E-state index contributed by atoms with van der Waals surface area (Å²) >= 11 is 1.55. The molecule has 0 amide bonds. The van der Waals surface area contributed by atoms with Crippen LogP contribution in [-0.4, -0.2) is 12.2 Å². The molecule has 2 nitrogen and oxygen atoms in total. The van der Waals surface area contributed by atoms with E-state index in [9.17, 15) is 5.11 Å². The highest BCUT2D eigenvalue weighted by Crippen LogP contribution is 2.39. The van der Waals surface area contributed by atoms with Gasteiger partial charge in [0.15, 0.2) is 0 Å². The molecule has 1 heterocycles. The van der Waals surface area contributed by atoms with E-state index in [1.54, 1.807) is 18.4 Å². The lowest BCUT2D eigenvalue weighted by Gasteiger charge is -2.26. The molecule has 0 saturated heterocycles. The highest BCUT2D eigenvalue weighted by atomic mass is 32.1. The van der Waals surface area contributed by atoms with E-state index in [0.29, 0.717) is 0 Å². The van der Waals surface area contributed by atoms with Gasteiger partial charge in [0.25, 0.3) is 0 Å². The fourth-order valence-corrected chi connectivity index (χ4v) is 2.93. The third kappa shape index (κ3) is 2.04. The molecule has 1 N–H and O–H groups in total. The Morgan fingerprint density at radius 3 is 2.50 bits per heavy atom. The van der Waals surface area contributed by atoms with Crippen LogP contribution in [0.3, 0.4) is 0 Å². The molecule has 2 aromatic rings. The second-order valence-corrected chi connectivity index (χ2v) is 5.59. The second-order valence-electron chi connectivity index (χ2n) is 4.64. The smallest absolute Gasteiger partial charge is 0.128 e. The van der Waals surface area contributed by atoms with Gasteiger partial charge in [-0.25, -0.2) is 0 Å². The van der Waals surface area contributed by atoms with E-state index in [1.165, 1.54) is 0 Å². The van der Waals surface area contributed by atoms with Crippen LogP contribution in [0, 0.1) is 13.8 Å². The van der Waals surface area contributed by atoms with E-state index in [2.05, 4.69) is 0 Å². The summed E-state index contributed by atoms with van der Waals surface area (Å²) in [5.41, 5.74) is 2.04. The van der Waals surface area contributed by atoms with Crippen LogP contribution in [-0.2, 0) is 5.60 Å². The quantitative estimate of drug-likeness (QED) is 0.915. The summed E-state index contributed by atoms with van der Waals surface area (Å²) in [5.74, 6) is 0.772. The summed E-state index contributed by atoms with van der Waals surface area (Å²) in [5, 5.41) is 12.8. The molecule has 1 aromatic carbocycles. The number of ether oxygens (including phenoxy) is 1. The third-order valence-electron chi connectivity index (χ3n) is 3.41. The summed E-state index contributed by atoms with van der Waals surface area (Å²) in [6.45, 7) is 5.87. The maximum atomic E-state index is 10.8. The summed E-state index contributed by atoms with van der Waals surface area (Å²) < 4.78 is 5.49. The van der Waals surface area contributed by atoms with Gasteiger partial charge in [-0.2, -0.15) is 0 Å². The zero-order valence-corrected chi connectivity index (χ0v) is 12.0. The molecular formula is C15H18O2S. The number of methoxy groups -OCH3 is 1. The van der Waals surface area contributed by atoms with Crippen molar-refractivity contribution in [1.29, 1.82) is 0 Å². The third-order valence-corrected chi connectivity index (χ3v) is 4.49. The van der Waals surface area contributed by atoms with Crippen molar-refractivity contribution in [2.45, 2.75) is 26.4 Å². The van der Waals surface area contributed by atoms with Crippen LogP contribution in [0.15, 0.2) is 29.6 Å². The summed E-state index contributed by atoms with van der Waals surface area (Å²) in [7, 11) is 1.65. The van der Waals surface area contributed by atoms with Gasteiger partial charge in [-0.15, -0.1) is 11.3 Å². The van der Waals surface area contributed by atoms with Crippen molar-refractivity contribution < 1.29 is 9.84 Å². The number of aryl methyl sites for hydroxylation is 1. The Balaban J connectivity index is 2.61. The van der Waals surface area contributed by atoms with Crippen LogP contribution >= 0.6 is 11.3 Å². The molecule has 0 aliphatic rings. The van der Waals surface area contributed by atoms with E-state index in [-0.39, 0.29) is 0 Å². The fraction of sp³-hybridized carbons (Fsp3) is 0.333. The minimum absolute atomic E-state index is 0.772. The molecule has 0 fully saturated rings. The first-order valence-electron chi connectivity index (χ1n) is 5.89. The first kappa shape index (κ1) is 13.1. The van der Waals surface area contributed by atoms with E-state index in [0.717, 1.165) is 27.3 Å². The molecule has 1 unspecified atom stereocenters. The van der Waals surface area contributed by atoms with Gasteiger partial charge < -0.3 is 9.84 Å². The maximum absolute atomic E-state index is 10.8. The SMILES string of the molecule is COc1c(C(C)(O)c2cccs2)ccc(C)c1C. The van der Waals surface area contributed by atoms with Crippen LogP contribution in [0.5, 0.6) is 5.75 Å². The highest BCUT2D eigenvalue weighted by Gasteiger charge is 2.30. The van der Waals surface area contributed by atoms with Crippen molar-refractivity contribution in [2.24, 2.45) is 0 Å². The van der Waals surface area contributed by atoms with E-state index >= 15 is 0 Å². The van der Waals surface area contributed by atoms with Gasteiger partial charge in [0.05, 0.1) is 7.11 Å². The molecule has 0 aliphatic heterocycles. The van der Waals surface area contributed by atoms with E-state index in [4.69, 9.17) is 4.74 Å². The van der Waals surface area contributed by atoms with Crippen LogP contribution in [0.2, 0.25) is 0 Å². The standard InChI is InChI=1S/C15H18O2S/c1-10-7-8-12(14(17-4)11(10)2)15(3,16)13-6-5-9-18-13/h5-9,16H,1-4H3. The molecule has 2 rings (SSSR count). The lowest BCUT2D eigenvalue weighted by Crippen LogP contribution is -2.22. The minimum atomic E-state index is -1.02. The number of aliphatic hydroxyl groups is 1. The van der Waals surface area contributed by atoms with Crippen molar-refractivity contribution in [1.82, 2.24) is 0 Å². The Bertz CT molecular complexity index is 542. The van der Waals surface area contributed by atoms with Gasteiger partial charge in [-0.1, -0.05) is 18.2 Å². The summed E-state index contributed by atoms with van der Waals surface area (Å²) in [6.07, 6.45) is 0. The van der Waals surface area contributed by atoms with Crippen LogP contribution in [0.25, 0.3) is 0 Å². The molecule has 0 saturated carbocycles. The van der Waals surface area contributed by atoms with Gasteiger partial charge in [-0.05, 0) is 43.3 Å². The molecule has 0 bridgehead atoms. The number of hydrogen-bond donors (Lipinski definition) is 1. The maximum Gasteiger partial charge on any atom is 0.128 e. The van der Waals surface area contributed by atoms with E-state index < -0.39 is 5.60 Å². The van der Waals surface area contributed by atoms with Crippen molar-refractivity contribution in [3.05, 3.63) is 51.2 Å². The average Bonchev–Trinajstić information content (AvgIpc) is 2.86. The van der Waals surface area contributed by atoms with Gasteiger partial charge in [0.2, 0.25) is 0 Å². The molecule has 1 atom stereocenters. The Kier molecular flexibility index (Phi) is 3.46. The monoisotopic (exact) mass is 262 g/mol. The zero-order valence-electron chi connectivity index (χ0n) is 11.2. The van der Waals surface area contributed by atoms with Gasteiger partial charge in [0, 0.05) is 10.4 Å². The lowest BCUT2D eigenvalue weighted by molar-refractivity contribution is 0.103. The second kappa shape index (κ2) is 4.75. The van der Waals surface area contributed by atoms with Crippen LogP contribution in [0.4, 0.5) is 0 Å². The number of rotatable bonds is 3. The summed E-state index contributed by atoms with van der Waals surface area (Å²) in [6, 6.07) is 7.86. The first-order chi connectivity index (χ1) is 8.48. The first-order valence-corrected chi connectivity index (χ1v) is 6.77. The topological polar surface area (TPSA) is 29.5 Å². The molecular weight excluding hydrogens is 244 g/mol. The fourth-order valence-electron chi connectivity index (χ4n) is 2.12. The predicted molar refractivity (Wildman–Crippen MR) is 75.5 cm³/mol. The van der Waals surface area contributed by atoms with E-state index in [1.807, 2.05) is 50.4 Å². The van der Waals surface area contributed by atoms with Crippen LogP contribution < -0.4 is 4.74 Å². The zero-order chi connectivity index (χ0) is 13.3. The largest absolute Gasteiger partial charge is 0.496 e. The Morgan fingerprint density at radius 2 is 1.94 bits per heavy atom. The molecule has 0 aliphatic carbocycles. The van der Waals surface area contributed by atoms with Gasteiger partial charge in [0.1, 0.15) is 11.4 Å². The van der Waals surface area contributed by atoms with Gasteiger partial charge in [-0.3, -0.25) is 0 Å². The predicted octanol–water partition coefficient (Wildman–Crippen LogP) is 3.63. The Labute approximate surface area is 112 Å². The van der Waals surface area contributed by atoms with Crippen molar-refractivity contribution in [3.63, 3.8) is 0 Å². The normalized spacial score (nSPS) is 14.3. The van der Waals surface area contributed by atoms with Crippen molar-refractivity contribution in [3.8, 4) is 5.75 Å². The molecule has 18 heavy (non-hydrogen) atoms. The molecule has 96 valence electrons. The lowest BCUT2D eigenvalue weighted by atomic mass is 9.90.